The minimum absolute atomic E-state index is 0.521. The largest absolute Gasteiger partial charge is 0.366 e. The summed E-state index contributed by atoms with van der Waals surface area (Å²) in [7, 11) is 2.18. The van der Waals surface area contributed by atoms with E-state index in [1.165, 1.54) is 34.4 Å². The molecule has 0 spiro atoms. The molecule has 5 heteroatoms. The monoisotopic (exact) mass is 361 g/mol. The van der Waals surface area contributed by atoms with E-state index in [1.54, 1.807) is 0 Å². The van der Waals surface area contributed by atoms with Crippen molar-refractivity contribution < 1.29 is 0 Å². The molecule has 0 bridgehead atoms. The van der Waals surface area contributed by atoms with Gasteiger partial charge in [0.25, 0.3) is 0 Å². The minimum atomic E-state index is 0.521. The number of rotatable bonds is 5. The van der Waals surface area contributed by atoms with Crippen molar-refractivity contribution in [2.75, 3.05) is 25.5 Å². The quantitative estimate of drug-likeness (QED) is 0.718. The Balaban J connectivity index is 1.51. The molecule has 1 aliphatic rings. The molecule has 2 N–H and O–H groups in total. The van der Waals surface area contributed by atoms with E-state index in [2.05, 4.69) is 76.6 Å². The van der Waals surface area contributed by atoms with Crippen molar-refractivity contribution in [1.82, 2.24) is 20.1 Å². The predicted octanol–water partition coefficient (Wildman–Crippen LogP) is 4.12. The van der Waals surface area contributed by atoms with Crippen molar-refractivity contribution in [3.63, 3.8) is 0 Å². The topological polar surface area (TPSA) is 56.8 Å². The van der Waals surface area contributed by atoms with Crippen molar-refractivity contribution in [2.45, 2.75) is 32.7 Å². The van der Waals surface area contributed by atoms with Gasteiger partial charge < -0.3 is 10.2 Å². The molecule has 5 nitrogen and oxygen atoms in total. The van der Waals surface area contributed by atoms with E-state index in [9.17, 15) is 0 Å². The van der Waals surface area contributed by atoms with Crippen LogP contribution in [0.2, 0.25) is 0 Å². The highest BCUT2D eigenvalue weighted by molar-refractivity contribution is 5.68. The maximum Gasteiger partial charge on any atom is 0.126 e. The van der Waals surface area contributed by atoms with Crippen molar-refractivity contribution >= 4 is 5.82 Å². The Labute approximate surface area is 160 Å². The molecule has 0 saturated carbocycles. The molecule has 140 valence electrons. The van der Waals surface area contributed by atoms with Crippen LogP contribution in [0.25, 0.3) is 11.1 Å². The van der Waals surface area contributed by atoms with E-state index in [4.69, 9.17) is 0 Å². The van der Waals surface area contributed by atoms with Gasteiger partial charge in [0.15, 0.2) is 0 Å². The van der Waals surface area contributed by atoms with Crippen molar-refractivity contribution in [1.29, 1.82) is 0 Å². The van der Waals surface area contributed by atoms with Crippen LogP contribution in [0.5, 0.6) is 0 Å². The maximum atomic E-state index is 4.49. The number of aryl methyl sites for hydroxylation is 2. The van der Waals surface area contributed by atoms with Gasteiger partial charge in [-0.15, -0.1) is 0 Å². The van der Waals surface area contributed by atoms with Crippen LogP contribution in [0.1, 0.15) is 34.7 Å². The molecule has 0 radical (unpaired) electrons. The number of aromatic amines is 1. The molecule has 0 aliphatic carbocycles. The van der Waals surface area contributed by atoms with Crippen molar-refractivity contribution in [3.05, 3.63) is 65.1 Å². The van der Waals surface area contributed by atoms with Gasteiger partial charge in [0.05, 0.1) is 6.20 Å². The summed E-state index contributed by atoms with van der Waals surface area (Å²) < 4.78 is 0. The lowest BCUT2D eigenvalue weighted by Gasteiger charge is -2.12. The number of pyridine rings is 1. The number of aromatic nitrogens is 3. The number of hydrogen-bond donors (Lipinski definition) is 2. The third-order valence-electron chi connectivity index (χ3n) is 5.58. The lowest BCUT2D eigenvalue weighted by Crippen LogP contribution is -2.13. The molecule has 0 amide bonds. The van der Waals surface area contributed by atoms with Gasteiger partial charge in [0.2, 0.25) is 0 Å². The first-order valence-electron chi connectivity index (χ1n) is 9.58. The standard InChI is InChI=1S/C22H27N5/c1-15-4-5-17(10-16(15)2)12-24-21-11-18(6-8-23-21)20-13-25-26-22(20)19-7-9-27(3)14-19/h4-6,8,10-11,13,19H,7,9,12,14H2,1-3H3,(H,23,24)(H,25,26). The smallest absolute Gasteiger partial charge is 0.126 e. The van der Waals surface area contributed by atoms with Gasteiger partial charge in [-0.3, -0.25) is 5.10 Å². The summed E-state index contributed by atoms with van der Waals surface area (Å²) in [5.74, 6) is 1.41. The zero-order valence-electron chi connectivity index (χ0n) is 16.3. The zero-order chi connectivity index (χ0) is 18.8. The lowest BCUT2D eigenvalue weighted by atomic mass is 9.97. The number of nitrogens with one attached hydrogen (secondary N) is 2. The number of nitrogens with zero attached hydrogens (tertiary/aromatic N) is 3. The number of likely N-dealkylation sites (tertiary alicyclic amines) is 1. The Bertz CT molecular complexity index is 930. The Kier molecular flexibility index (Phi) is 4.94. The second kappa shape index (κ2) is 7.53. The van der Waals surface area contributed by atoms with E-state index < -0.39 is 0 Å². The number of benzene rings is 1. The van der Waals surface area contributed by atoms with Gasteiger partial charge in [-0.05, 0) is 68.2 Å². The Hall–Kier alpha value is -2.66. The second-order valence-electron chi connectivity index (χ2n) is 7.65. The summed E-state index contributed by atoms with van der Waals surface area (Å²) in [4.78, 5) is 6.87. The Morgan fingerprint density at radius 2 is 2.07 bits per heavy atom. The molecule has 4 rings (SSSR count). The zero-order valence-corrected chi connectivity index (χ0v) is 16.3. The van der Waals surface area contributed by atoms with Crippen LogP contribution in [-0.4, -0.2) is 40.2 Å². The summed E-state index contributed by atoms with van der Waals surface area (Å²) in [5, 5.41) is 11.0. The summed E-state index contributed by atoms with van der Waals surface area (Å²) in [5.41, 5.74) is 7.50. The fraction of sp³-hybridized carbons (Fsp3) is 0.364. The van der Waals surface area contributed by atoms with Gasteiger partial charge in [0.1, 0.15) is 5.82 Å². The molecule has 3 heterocycles. The summed E-state index contributed by atoms with van der Waals surface area (Å²) in [6.45, 7) is 7.28. The average molecular weight is 361 g/mol. The molecule has 3 aromatic rings. The molecule has 1 aliphatic heterocycles. The highest BCUT2D eigenvalue weighted by Crippen LogP contribution is 2.33. The molecule has 1 aromatic carbocycles. The number of hydrogen-bond acceptors (Lipinski definition) is 4. The maximum absolute atomic E-state index is 4.49. The Morgan fingerprint density at radius 1 is 1.19 bits per heavy atom. The molecule has 1 unspecified atom stereocenters. The van der Waals surface area contributed by atoms with E-state index in [0.717, 1.165) is 31.0 Å². The van der Waals surface area contributed by atoms with Crippen LogP contribution < -0.4 is 5.32 Å². The number of likely N-dealkylation sites (N-methyl/N-ethyl adjacent to an activating group) is 1. The molecule has 2 aromatic heterocycles. The van der Waals surface area contributed by atoms with Gasteiger partial charge in [-0.25, -0.2) is 4.98 Å². The van der Waals surface area contributed by atoms with Gasteiger partial charge in [-0.1, -0.05) is 18.2 Å². The highest BCUT2D eigenvalue weighted by atomic mass is 15.1. The van der Waals surface area contributed by atoms with E-state index >= 15 is 0 Å². The number of H-pyrrole nitrogens is 1. The average Bonchev–Trinajstić information content (AvgIpc) is 3.32. The first kappa shape index (κ1) is 17.7. The fourth-order valence-corrected chi connectivity index (χ4v) is 3.81. The molecular formula is C22H27N5. The van der Waals surface area contributed by atoms with E-state index in [1.807, 2.05) is 12.4 Å². The molecular weight excluding hydrogens is 334 g/mol. The third kappa shape index (κ3) is 3.88. The minimum Gasteiger partial charge on any atom is -0.366 e. The SMILES string of the molecule is Cc1ccc(CNc2cc(-c3cn[nH]c3C3CCN(C)C3)ccn2)cc1C. The van der Waals surface area contributed by atoms with Crippen LogP contribution in [0, 0.1) is 13.8 Å². The first-order chi connectivity index (χ1) is 13.1. The van der Waals surface area contributed by atoms with E-state index in [-0.39, 0.29) is 0 Å². The van der Waals surface area contributed by atoms with Gasteiger partial charge in [0, 0.05) is 36.5 Å². The predicted molar refractivity (Wildman–Crippen MR) is 110 cm³/mol. The second-order valence-corrected chi connectivity index (χ2v) is 7.65. The highest BCUT2D eigenvalue weighted by Gasteiger charge is 2.25. The summed E-state index contributed by atoms with van der Waals surface area (Å²) in [6, 6.07) is 10.8. The van der Waals surface area contributed by atoms with Crippen LogP contribution in [0.4, 0.5) is 5.82 Å². The van der Waals surface area contributed by atoms with Crippen molar-refractivity contribution in [2.24, 2.45) is 0 Å². The van der Waals surface area contributed by atoms with Crippen LogP contribution >= 0.6 is 0 Å². The third-order valence-corrected chi connectivity index (χ3v) is 5.58. The number of anilines is 1. The van der Waals surface area contributed by atoms with E-state index in [0.29, 0.717) is 5.92 Å². The summed E-state index contributed by atoms with van der Waals surface area (Å²) >= 11 is 0. The van der Waals surface area contributed by atoms with Crippen molar-refractivity contribution in [3.8, 4) is 11.1 Å². The molecule has 1 fully saturated rings. The normalized spacial score (nSPS) is 17.4. The summed E-state index contributed by atoms with van der Waals surface area (Å²) in [6.07, 6.45) is 4.99. The molecule has 1 saturated heterocycles. The Morgan fingerprint density at radius 3 is 2.85 bits per heavy atom. The van der Waals surface area contributed by atoms with Crippen LogP contribution in [0.15, 0.2) is 42.7 Å². The fourth-order valence-electron chi connectivity index (χ4n) is 3.81. The first-order valence-corrected chi connectivity index (χ1v) is 9.58. The van der Waals surface area contributed by atoms with Crippen LogP contribution in [-0.2, 0) is 6.54 Å². The van der Waals surface area contributed by atoms with Gasteiger partial charge in [-0.2, -0.15) is 5.10 Å². The van der Waals surface area contributed by atoms with Crippen LogP contribution in [0.3, 0.4) is 0 Å². The van der Waals surface area contributed by atoms with Gasteiger partial charge >= 0.3 is 0 Å². The molecule has 27 heavy (non-hydrogen) atoms. The molecule has 1 atom stereocenters. The lowest BCUT2D eigenvalue weighted by molar-refractivity contribution is 0.411.